The fraction of sp³-hybridized carbons (Fsp3) is 0.417. The van der Waals surface area contributed by atoms with Crippen molar-refractivity contribution < 1.29 is 22.3 Å². The molecule has 0 aliphatic carbocycles. The molecular formula is C24H25ClFN3O4S2. The van der Waals surface area contributed by atoms with Crippen LogP contribution in [-0.2, 0) is 19.6 Å². The summed E-state index contributed by atoms with van der Waals surface area (Å²) in [5, 5.41) is 0.857. The first-order chi connectivity index (χ1) is 16.8. The third-order valence-electron chi connectivity index (χ3n) is 6.45. The van der Waals surface area contributed by atoms with Gasteiger partial charge in [0, 0.05) is 24.7 Å². The van der Waals surface area contributed by atoms with E-state index < -0.39 is 21.8 Å². The van der Waals surface area contributed by atoms with Crippen LogP contribution in [0.5, 0.6) is 0 Å². The number of carbonyl (C=O) groups is 1. The standard InChI is InChI=1S/C24H25ClFN3O4S2/c25-17-8-10-19(11-9-17)35(31,32)28-12-2-4-16(14-28)23(30)29(15-18-5-3-13-33-18)24-27-22-20(26)6-1-7-21(22)34-24/h1,6-11,16,18H,2-5,12-15H2. The van der Waals surface area contributed by atoms with Gasteiger partial charge in [0.15, 0.2) is 5.13 Å². The first kappa shape index (κ1) is 24.6. The highest BCUT2D eigenvalue weighted by atomic mass is 35.5. The minimum atomic E-state index is -3.77. The Morgan fingerprint density at radius 3 is 2.71 bits per heavy atom. The molecular weight excluding hydrogens is 513 g/mol. The summed E-state index contributed by atoms with van der Waals surface area (Å²) < 4.78 is 48.6. The summed E-state index contributed by atoms with van der Waals surface area (Å²) in [5.41, 5.74) is 0.230. The molecule has 186 valence electrons. The molecule has 2 aromatic carbocycles. The van der Waals surface area contributed by atoms with Crippen molar-refractivity contribution >= 4 is 54.2 Å². The second-order valence-corrected chi connectivity index (χ2v) is 12.2. The smallest absolute Gasteiger partial charge is 0.243 e. The van der Waals surface area contributed by atoms with E-state index in [-0.39, 0.29) is 29.0 Å². The highest BCUT2D eigenvalue weighted by Crippen LogP contribution is 2.34. The van der Waals surface area contributed by atoms with Crippen LogP contribution in [0.2, 0.25) is 5.02 Å². The molecule has 1 aromatic heterocycles. The topological polar surface area (TPSA) is 79.8 Å². The molecule has 0 bridgehead atoms. The molecule has 0 N–H and O–H groups in total. The van der Waals surface area contributed by atoms with E-state index in [0.717, 1.165) is 12.8 Å². The number of benzene rings is 2. The minimum Gasteiger partial charge on any atom is -0.376 e. The number of hydrogen-bond acceptors (Lipinski definition) is 6. The van der Waals surface area contributed by atoms with Gasteiger partial charge in [-0.25, -0.2) is 17.8 Å². The first-order valence-electron chi connectivity index (χ1n) is 11.6. The van der Waals surface area contributed by atoms with Gasteiger partial charge >= 0.3 is 0 Å². The van der Waals surface area contributed by atoms with Gasteiger partial charge < -0.3 is 4.74 Å². The fourth-order valence-electron chi connectivity index (χ4n) is 4.61. The van der Waals surface area contributed by atoms with Gasteiger partial charge in [-0.05, 0) is 62.1 Å². The zero-order chi connectivity index (χ0) is 24.6. The molecule has 2 unspecified atom stereocenters. The largest absolute Gasteiger partial charge is 0.376 e. The van der Waals surface area contributed by atoms with Crippen molar-refractivity contribution in [3.05, 3.63) is 53.3 Å². The van der Waals surface area contributed by atoms with Crippen molar-refractivity contribution in [3.8, 4) is 0 Å². The number of carbonyl (C=O) groups excluding carboxylic acids is 1. The van der Waals surface area contributed by atoms with E-state index in [1.165, 1.54) is 46.0 Å². The zero-order valence-electron chi connectivity index (χ0n) is 18.9. The average Bonchev–Trinajstić information content (AvgIpc) is 3.53. The number of aromatic nitrogens is 1. The highest BCUT2D eigenvalue weighted by molar-refractivity contribution is 7.89. The molecule has 0 radical (unpaired) electrons. The van der Waals surface area contributed by atoms with Gasteiger partial charge in [0.25, 0.3) is 0 Å². The van der Waals surface area contributed by atoms with E-state index in [1.807, 2.05) is 0 Å². The number of nitrogens with zero attached hydrogens (tertiary/aromatic N) is 3. The summed E-state index contributed by atoms with van der Waals surface area (Å²) in [6, 6.07) is 10.8. The van der Waals surface area contributed by atoms with Crippen LogP contribution in [0.1, 0.15) is 25.7 Å². The lowest BCUT2D eigenvalue weighted by Gasteiger charge is -2.34. The second kappa shape index (κ2) is 10.1. The number of amides is 1. The van der Waals surface area contributed by atoms with Gasteiger partial charge in [-0.2, -0.15) is 4.31 Å². The molecule has 0 spiro atoms. The number of para-hydroxylation sites is 1. The van der Waals surface area contributed by atoms with Crippen molar-refractivity contribution in [2.45, 2.75) is 36.7 Å². The van der Waals surface area contributed by atoms with Gasteiger partial charge in [-0.3, -0.25) is 9.69 Å². The normalized spacial score (nSPS) is 21.4. The Kier molecular flexibility index (Phi) is 7.09. The Bertz CT molecular complexity index is 1330. The number of thiazole rings is 1. The van der Waals surface area contributed by atoms with E-state index in [9.17, 15) is 17.6 Å². The monoisotopic (exact) mass is 537 g/mol. The molecule has 3 heterocycles. The summed E-state index contributed by atoms with van der Waals surface area (Å²) in [5.74, 6) is -1.19. The molecule has 7 nitrogen and oxygen atoms in total. The number of piperidine rings is 1. The molecule has 11 heteroatoms. The third-order valence-corrected chi connectivity index (χ3v) is 9.63. The van der Waals surface area contributed by atoms with Crippen molar-refractivity contribution in [1.82, 2.24) is 9.29 Å². The Morgan fingerprint density at radius 2 is 2.00 bits per heavy atom. The minimum absolute atomic E-state index is 0.0745. The van der Waals surface area contributed by atoms with Gasteiger partial charge in [0.05, 0.1) is 28.2 Å². The molecule has 5 rings (SSSR count). The fourth-order valence-corrected chi connectivity index (χ4v) is 7.26. The molecule has 3 aromatic rings. The van der Waals surface area contributed by atoms with E-state index in [2.05, 4.69) is 4.98 Å². The Hall–Kier alpha value is -2.11. The number of hydrogen-bond donors (Lipinski definition) is 0. The lowest BCUT2D eigenvalue weighted by atomic mass is 9.98. The van der Waals surface area contributed by atoms with E-state index in [4.69, 9.17) is 16.3 Å². The summed E-state index contributed by atoms with van der Waals surface area (Å²) in [7, 11) is -3.77. The Morgan fingerprint density at radius 1 is 1.20 bits per heavy atom. The number of rotatable bonds is 6. The number of sulfonamides is 1. The average molecular weight is 538 g/mol. The zero-order valence-corrected chi connectivity index (χ0v) is 21.3. The summed E-state index contributed by atoms with van der Waals surface area (Å²) in [4.78, 5) is 20.0. The Labute approximate surface area is 212 Å². The van der Waals surface area contributed by atoms with Gasteiger partial charge in [0.1, 0.15) is 11.3 Å². The van der Waals surface area contributed by atoms with Crippen LogP contribution in [0.25, 0.3) is 10.2 Å². The van der Waals surface area contributed by atoms with Gasteiger partial charge in [0.2, 0.25) is 15.9 Å². The van der Waals surface area contributed by atoms with Crippen molar-refractivity contribution in [2.75, 3.05) is 31.1 Å². The molecule has 2 aliphatic rings. The first-order valence-corrected chi connectivity index (χ1v) is 14.2. The van der Waals surface area contributed by atoms with Crippen LogP contribution in [0.15, 0.2) is 47.4 Å². The predicted molar refractivity (Wildman–Crippen MR) is 134 cm³/mol. The van der Waals surface area contributed by atoms with Crippen LogP contribution < -0.4 is 4.90 Å². The molecule has 1 amide bonds. The van der Waals surface area contributed by atoms with Crippen molar-refractivity contribution in [1.29, 1.82) is 0 Å². The predicted octanol–water partition coefficient (Wildman–Crippen LogP) is 4.70. The number of halogens is 2. The molecule has 2 saturated heterocycles. The number of ether oxygens (including phenoxy) is 1. The lowest BCUT2D eigenvalue weighted by molar-refractivity contribution is -0.123. The summed E-state index contributed by atoms with van der Waals surface area (Å²) >= 11 is 7.17. The SMILES string of the molecule is O=C(C1CCCN(S(=O)(=O)c2ccc(Cl)cc2)C1)N(CC1CCCO1)c1nc2c(F)cccc2s1. The Balaban J connectivity index is 1.42. The van der Waals surface area contributed by atoms with Crippen LogP contribution in [0.3, 0.4) is 0 Å². The summed E-state index contributed by atoms with van der Waals surface area (Å²) in [6.45, 7) is 1.36. The van der Waals surface area contributed by atoms with Crippen LogP contribution in [0, 0.1) is 11.7 Å². The summed E-state index contributed by atoms with van der Waals surface area (Å²) in [6.07, 6.45) is 2.73. The highest BCUT2D eigenvalue weighted by Gasteiger charge is 2.37. The van der Waals surface area contributed by atoms with Gasteiger partial charge in [-0.1, -0.05) is 29.0 Å². The van der Waals surface area contributed by atoms with E-state index in [0.29, 0.717) is 47.4 Å². The van der Waals surface area contributed by atoms with E-state index in [1.54, 1.807) is 17.0 Å². The lowest BCUT2D eigenvalue weighted by Crippen LogP contribution is -2.48. The van der Waals surface area contributed by atoms with Crippen LogP contribution in [-0.4, -0.2) is 56.0 Å². The molecule has 0 saturated carbocycles. The quantitative estimate of drug-likeness (QED) is 0.455. The third kappa shape index (κ3) is 5.08. The van der Waals surface area contributed by atoms with E-state index >= 15 is 0 Å². The molecule has 35 heavy (non-hydrogen) atoms. The number of anilines is 1. The van der Waals surface area contributed by atoms with Crippen LogP contribution in [0.4, 0.5) is 9.52 Å². The maximum atomic E-state index is 14.3. The molecule has 2 aliphatic heterocycles. The maximum Gasteiger partial charge on any atom is 0.243 e. The van der Waals surface area contributed by atoms with Crippen molar-refractivity contribution in [3.63, 3.8) is 0 Å². The van der Waals surface area contributed by atoms with Crippen LogP contribution >= 0.6 is 22.9 Å². The maximum absolute atomic E-state index is 14.3. The second-order valence-electron chi connectivity index (χ2n) is 8.82. The molecule has 2 atom stereocenters. The van der Waals surface area contributed by atoms with Gasteiger partial charge in [-0.15, -0.1) is 0 Å². The number of fused-ring (bicyclic) bond motifs is 1. The van der Waals surface area contributed by atoms with Crippen molar-refractivity contribution in [2.24, 2.45) is 5.92 Å². The molecule has 2 fully saturated rings.